The fraction of sp³-hybridized carbons (Fsp3) is 0.550. The Bertz CT molecular complexity index is 743. The number of hydrogen-bond donors (Lipinski definition) is 0. The number of likely N-dealkylation sites (tertiary alicyclic amines) is 1. The summed E-state index contributed by atoms with van der Waals surface area (Å²) < 4.78 is 5.31. The van der Waals surface area contributed by atoms with E-state index in [0.29, 0.717) is 13.0 Å². The van der Waals surface area contributed by atoms with Crippen molar-refractivity contribution in [1.29, 1.82) is 5.26 Å². The molecule has 138 valence electrons. The molecule has 0 radical (unpaired) electrons. The molecule has 2 aliphatic rings. The topological polar surface area (TPSA) is 70.4 Å². The Morgan fingerprint density at radius 3 is 2.92 bits per heavy atom. The molecule has 1 aliphatic carbocycles. The number of amides is 2. The number of imide groups is 1. The van der Waals surface area contributed by atoms with Gasteiger partial charge in [0.2, 0.25) is 0 Å². The van der Waals surface area contributed by atoms with E-state index in [4.69, 9.17) is 10.00 Å². The number of unbranched alkanes of at least 4 members (excludes halogenated alkanes) is 2. The van der Waals surface area contributed by atoms with Gasteiger partial charge in [-0.15, -0.1) is 0 Å². The summed E-state index contributed by atoms with van der Waals surface area (Å²) in [4.78, 5) is 29.5. The molecule has 0 aromatic heterocycles. The Hall–Kier alpha value is -1.83. The van der Waals surface area contributed by atoms with Crippen molar-refractivity contribution in [3.63, 3.8) is 0 Å². The molecule has 1 aromatic carbocycles. The third-order valence-electron chi connectivity index (χ3n) is 5.48. The summed E-state index contributed by atoms with van der Waals surface area (Å²) in [5, 5.41) is 9.54. The van der Waals surface area contributed by atoms with Crippen LogP contribution in [0.1, 0.15) is 49.7 Å². The summed E-state index contributed by atoms with van der Waals surface area (Å²) in [7, 11) is 1.64. The van der Waals surface area contributed by atoms with Crippen LogP contribution in [-0.2, 0) is 21.4 Å². The SMILES string of the molecule is COc1ccc2c(c1)CCCC21CC(=O)N(CCCCC[Se]C#N)C1=O. The molecule has 1 saturated heterocycles. The van der Waals surface area contributed by atoms with Gasteiger partial charge in [0.15, 0.2) is 0 Å². The molecule has 1 unspecified atom stereocenters. The molecule has 0 saturated carbocycles. The Kier molecular flexibility index (Phi) is 6.01. The maximum absolute atomic E-state index is 13.2. The number of methoxy groups -OCH3 is 1. The Labute approximate surface area is 160 Å². The summed E-state index contributed by atoms with van der Waals surface area (Å²) in [5.74, 6) is 0.739. The average molecular weight is 419 g/mol. The summed E-state index contributed by atoms with van der Waals surface area (Å²) in [5.41, 5.74) is 1.49. The van der Waals surface area contributed by atoms with Gasteiger partial charge in [-0.05, 0) is 0 Å². The zero-order chi connectivity index (χ0) is 18.6. The van der Waals surface area contributed by atoms with Crippen molar-refractivity contribution in [3.05, 3.63) is 29.3 Å². The van der Waals surface area contributed by atoms with E-state index in [-0.39, 0.29) is 26.8 Å². The first kappa shape index (κ1) is 18.9. The average Bonchev–Trinajstić information content (AvgIpc) is 2.88. The third kappa shape index (κ3) is 3.51. The molecule has 0 bridgehead atoms. The van der Waals surface area contributed by atoms with Gasteiger partial charge < -0.3 is 4.74 Å². The maximum atomic E-state index is 13.2. The molecule has 5 nitrogen and oxygen atoms in total. The summed E-state index contributed by atoms with van der Waals surface area (Å²) in [6.07, 6.45) is 5.67. The van der Waals surface area contributed by atoms with Crippen LogP contribution in [0, 0.1) is 10.2 Å². The monoisotopic (exact) mass is 420 g/mol. The summed E-state index contributed by atoms with van der Waals surface area (Å²) >= 11 is 0.0657. The van der Waals surface area contributed by atoms with Crippen LogP contribution in [0.25, 0.3) is 0 Å². The summed E-state index contributed by atoms with van der Waals surface area (Å²) in [6.45, 7) is 0.504. The summed E-state index contributed by atoms with van der Waals surface area (Å²) in [6, 6.07) is 5.88. The van der Waals surface area contributed by atoms with E-state index in [1.807, 2.05) is 18.2 Å². The van der Waals surface area contributed by atoms with E-state index in [1.165, 1.54) is 4.90 Å². The second kappa shape index (κ2) is 8.24. The number of nitrogens with zero attached hydrogens (tertiary/aromatic N) is 2. The zero-order valence-electron chi connectivity index (χ0n) is 15.1. The van der Waals surface area contributed by atoms with Crippen LogP contribution in [0.2, 0.25) is 5.32 Å². The van der Waals surface area contributed by atoms with Gasteiger partial charge in [-0.2, -0.15) is 0 Å². The first-order valence-electron chi connectivity index (χ1n) is 9.15. The van der Waals surface area contributed by atoms with Crippen LogP contribution in [0.4, 0.5) is 0 Å². The Morgan fingerprint density at radius 2 is 2.15 bits per heavy atom. The van der Waals surface area contributed by atoms with Crippen molar-refractivity contribution in [3.8, 4) is 10.7 Å². The first-order valence-corrected chi connectivity index (χ1v) is 11.2. The number of benzene rings is 1. The van der Waals surface area contributed by atoms with Gasteiger partial charge in [-0.25, -0.2) is 0 Å². The molecular formula is C20H24N2O3Se. The van der Waals surface area contributed by atoms with Crippen LogP contribution in [0.15, 0.2) is 18.2 Å². The number of aryl methyl sites for hydroxylation is 1. The van der Waals surface area contributed by atoms with Crippen LogP contribution in [0.5, 0.6) is 5.75 Å². The minimum atomic E-state index is -0.666. The fourth-order valence-corrected chi connectivity index (χ4v) is 5.11. The van der Waals surface area contributed by atoms with Gasteiger partial charge in [-0.1, -0.05) is 0 Å². The van der Waals surface area contributed by atoms with E-state index in [0.717, 1.165) is 60.7 Å². The number of carbonyl (C=O) groups excluding carboxylic acids is 2. The molecule has 1 fully saturated rings. The van der Waals surface area contributed by atoms with Gasteiger partial charge >= 0.3 is 149 Å². The molecule has 1 aliphatic heterocycles. The van der Waals surface area contributed by atoms with Crippen LogP contribution in [0.3, 0.4) is 0 Å². The van der Waals surface area contributed by atoms with Crippen molar-refractivity contribution < 1.29 is 14.3 Å². The van der Waals surface area contributed by atoms with Crippen LogP contribution in [-0.4, -0.2) is 45.3 Å². The van der Waals surface area contributed by atoms with E-state index in [9.17, 15) is 9.59 Å². The minimum absolute atomic E-state index is 0.0186. The number of nitriles is 1. The second-order valence-corrected chi connectivity index (χ2v) is 8.83. The standard InChI is InChI=1S/C20H24N2O3Se/c1-25-16-7-8-17-15(12-16)6-5-9-20(17)13-18(23)22(19(20)24)10-3-2-4-11-26-14-21/h7-8,12H,2-6,9-11,13H2,1H3. The van der Waals surface area contributed by atoms with Crippen molar-refractivity contribution in [1.82, 2.24) is 4.90 Å². The molecule has 1 heterocycles. The molecule has 1 spiro atoms. The van der Waals surface area contributed by atoms with Crippen molar-refractivity contribution in [2.75, 3.05) is 13.7 Å². The molecule has 2 amide bonds. The number of ether oxygens (including phenoxy) is 1. The molecule has 1 aromatic rings. The molecule has 6 heteroatoms. The number of fused-ring (bicyclic) bond motifs is 2. The van der Waals surface area contributed by atoms with E-state index in [2.05, 4.69) is 4.97 Å². The first-order chi connectivity index (χ1) is 12.6. The molecule has 0 N–H and O–H groups in total. The van der Waals surface area contributed by atoms with Gasteiger partial charge in [-0.3, -0.25) is 0 Å². The van der Waals surface area contributed by atoms with Crippen molar-refractivity contribution in [2.45, 2.75) is 55.7 Å². The third-order valence-corrected chi connectivity index (χ3v) is 6.78. The van der Waals surface area contributed by atoms with Gasteiger partial charge in [0, 0.05) is 0 Å². The number of hydrogen-bond acceptors (Lipinski definition) is 4. The number of rotatable bonds is 7. The molecular weight excluding hydrogens is 395 g/mol. The molecule has 1 atom stereocenters. The van der Waals surface area contributed by atoms with Crippen LogP contribution < -0.4 is 4.74 Å². The quantitative estimate of drug-likeness (QED) is 0.387. The molecule has 3 rings (SSSR count). The van der Waals surface area contributed by atoms with E-state index in [1.54, 1.807) is 7.11 Å². The fourth-order valence-electron chi connectivity index (χ4n) is 4.19. The van der Waals surface area contributed by atoms with E-state index >= 15 is 0 Å². The van der Waals surface area contributed by atoms with Crippen molar-refractivity contribution in [2.24, 2.45) is 0 Å². The Balaban J connectivity index is 1.72. The number of carbonyl (C=O) groups is 2. The normalized spacial score (nSPS) is 21.8. The van der Waals surface area contributed by atoms with Crippen molar-refractivity contribution >= 4 is 26.8 Å². The molecule has 26 heavy (non-hydrogen) atoms. The second-order valence-electron chi connectivity index (χ2n) is 6.99. The zero-order valence-corrected chi connectivity index (χ0v) is 16.8. The van der Waals surface area contributed by atoms with Gasteiger partial charge in [0.1, 0.15) is 0 Å². The van der Waals surface area contributed by atoms with E-state index < -0.39 is 5.41 Å². The predicted molar refractivity (Wildman–Crippen MR) is 99.0 cm³/mol. The Morgan fingerprint density at radius 1 is 1.31 bits per heavy atom. The van der Waals surface area contributed by atoms with Gasteiger partial charge in [0.25, 0.3) is 0 Å². The van der Waals surface area contributed by atoms with Crippen LogP contribution >= 0.6 is 0 Å². The predicted octanol–water partition coefficient (Wildman–Crippen LogP) is 2.80. The van der Waals surface area contributed by atoms with Gasteiger partial charge in [0.05, 0.1) is 7.11 Å².